The lowest BCUT2D eigenvalue weighted by Gasteiger charge is -2.20. The normalized spacial score (nSPS) is 12.9. The Morgan fingerprint density at radius 1 is 1.04 bits per heavy atom. The monoisotopic (exact) mass is 335 g/mol. The molecule has 23 heavy (non-hydrogen) atoms. The summed E-state index contributed by atoms with van der Waals surface area (Å²) in [7, 11) is 1.65. The molecule has 0 heterocycles. The van der Waals surface area contributed by atoms with Gasteiger partial charge in [0.25, 0.3) is 0 Å². The largest absolute Gasteiger partial charge is 0.493 e. The van der Waals surface area contributed by atoms with Gasteiger partial charge in [-0.05, 0) is 29.2 Å². The van der Waals surface area contributed by atoms with Gasteiger partial charge in [0.2, 0.25) is 0 Å². The lowest BCUT2D eigenvalue weighted by Crippen LogP contribution is -2.18. The van der Waals surface area contributed by atoms with Crippen LogP contribution in [0.15, 0.2) is 48.5 Å². The average molecular weight is 336 g/mol. The molecule has 0 bridgehead atoms. The molecule has 0 aliphatic rings. The summed E-state index contributed by atoms with van der Waals surface area (Å²) in [4.78, 5) is 0. The van der Waals surface area contributed by atoms with E-state index in [1.54, 1.807) is 7.11 Å². The summed E-state index contributed by atoms with van der Waals surface area (Å²) in [5, 5.41) is 0. The van der Waals surface area contributed by atoms with Crippen LogP contribution in [0.25, 0.3) is 0 Å². The van der Waals surface area contributed by atoms with Gasteiger partial charge in [-0.2, -0.15) is 0 Å². The van der Waals surface area contributed by atoms with Crippen LogP contribution >= 0.6 is 12.4 Å². The molecule has 1 unspecified atom stereocenters. The molecule has 126 valence electrons. The first-order valence-electron chi connectivity index (χ1n) is 7.76. The Labute approximate surface area is 145 Å². The lowest BCUT2D eigenvalue weighted by atomic mass is 9.93. The highest BCUT2D eigenvalue weighted by molar-refractivity contribution is 5.85. The third-order valence-electron chi connectivity index (χ3n) is 4.07. The summed E-state index contributed by atoms with van der Waals surface area (Å²) < 4.78 is 11.3. The third kappa shape index (κ3) is 5.15. The van der Waals surface area contributed by atoms with Crippen LogP contribution in [0.5, 0.6) is 11.5 Å². The Morgan fingerprint density at radius 3 is 2.35 bits per heavy atom. The number of methoxy groups -OCH3 is 1. The van der Waals surface area contributed by atoms with E-state index in [9.17, 15) is 0 Å². The number of ether oxygens (including phenoxy) is 2. The van der Waals surface area contributed by atoms with Crippen molar-refractivity contribution in [2.75, 3.05) is 7.11 Å². The Kier molecular flexibility index (Phi) is 7.93. The summed E-state index contributed by atoms with van der Waals surface area (Å²) in [6.45, 7) is 4.83. The summed E-state index contributed by atoms with van der Waals surface area (Å²) >= 11 is 0. The first-order chi connectivity index (χ1) is 10.7. The first-order valence-corrected chi connectivity index (χ1v) is 7.76. The van der Waals surface area contributed by atoms with Crippen LogP contribution < -0.4 is 15.2 Å². The molecule has 2 atom stereocenters. The number of hydrogen-bond acceptors (Lipinski definition) is 3. The molecule has 2 N–H and O–H groups in total. The molecule has 3 nitrogen and oxygen atoms in total. The molecule has 2 aromatic rings. The minimum Gasteiger partial charge on any atom is -0.493 e. The van der Waals surface area contributed by atoms with Crippen molar-refractivity contribution in [3.63, 3.8) is 0 Å². The zero-order chi connectivity index (χ0) is 15.9. The summed E-state index contributed by atoms with van der Waals surface area (Å²) in [5.74, 6) is 1.90. The second kappa shape index (κ2) is 9.43. The maximum absolute atomic E-state index is 6.32. The molecule has 0 aliphatic carbocycles. The highest BCUT2D eigenvalue weighted by Crippen LogP contribution is 2.32. The topological polar surface area (TPSA) is 44.5 Å². The van der Waals surface area contributed by atoms with Gasteiger partial charge in [-0.15, -0.1) is 12.4 Å². The van der Waals surface area contributed by atoms with Gasteiger partial charge in [0.05, 0.1) is 7.11 Å². The van der Waals surface area contributed by atoms with E-state index in [0.29, 0.717) is 12.5 Å². The molecule has 4 heteroatoms. The molecule has 2 rings (SSSR count). The smallest absolute Gasteiger partial charge is 0.161 e. The second-order valence-electron chi connectivity index (χ2n) is 5.60. The molecule has 0 saturated heterocycles. The van der Waals surface area contributed by atoms with E-state index in [0.717, 1.165) is 29.0 Å². The predicted molar refractivity (Wildman–Crippen MR) is 97.4 cm³/mol. The van der Waals surface area contributed by atoms with Crippen molar-refractivity contribution in [3.8, 4) is 11.5 Å². The van der Waals surface area contributed by atoms with E-state index >= 15 is 0 Å². The zero-order valence-electron chi connectivity index (χ0n) is 14.0. The van der Waals surface area contributed by atoms with Crippen LogP contribution in [0.1, 0.15) is 37.4 Å². The zero-order valence-corrected chi connectivity index (χ0v) is 14.8. The standard InChI is InChI=1S/C19H25NO2.ClH/c1-4-14(2)19(20)16-10-11-17(21-3)18(12-16)22-13-15-8-6-5-7-9-15;/h5-12,14,19H,4,13,20H2,1-3H3;1H/t14?,19-;/m0./s1. The highest BCUT2D eigenvalue weighted by atomic mass is 35.5. The summed E-state index contributed by atoms with van der Waals surface area (Å²) in [6.07, 6.45) is 1.05. The van der Waals surface area contributed by atoms with E-state index in [1.165, 1.54) is 0 Å². The minimum absolute atomic E-state index is 0. The average Bonchev–Trinajstić information content (AvgIpc) is 2.59. The fourth-order valence-corrected chi connectivity index (χ4v) is 2.33. The van der Waals surface area contributed by atoms with Crippen LogP contribution in [0.2, 0.25) is 0 Å². The summed E-state index contributed by atoms with van der Waals surface area (Å²) in [5.41, 5.74) is 8.53. The van der Waals surface area contributed by atoms with Crippen molar-refractivity contribution < 1.29 is 9.47 Å². The molecule has 0 spiro atoms. The minimum atomic E-state index is 0. The van der Waals surface area contributed by atoms with Gasteiger partial charge in [0, 0.05) is 6.04 Å². The van der Waals surface area contributed by atoms with E-state index in [-0.39, 0.29) is 18.4 Å². The van der Waals surface area contributed by atoms with E-state index in [4.69, 9.17) is 15.2 Å². The molecular weight excluding hydrogens is 310 g/mol. The predicted octanol–water partition coefficient (Wildman–Crippen LogP) is 4.74. The number of nitrogens with two attached hydrogens (primary N) is 1. The van der Waals surface area contributed by atoms with Gasteiger partial charge in [-0.1, -0.05) is 56.7 Å². The van der Waals surface area contributed by atoms with Crippen LogP contribution in [-0.4, -0.2) is 7.11 Å². The van der Waals surface area contributed by atoms with Gasteiger partial charge in [0.15, 0.2) is 11.5 Å². The molecule has 0 fully saturated rings. The Morgan fingerprint density at radius 2 is 1.74 bits per heavy atom. The first kappa shape index (κ1) is 19.3. The van der Waals surface area contributed by atoms with E-state index in [1.807, 2.05) is 48.5 Å². The van der Waals surface area contributed by atoms with Gasteiger partial charge < -0.3 is 15.2 Å². The highest BCUT2D eigenvalue weighted by Gasteiger charge is 2.15. The molecule has 0 saturated carbocycles. The Bertz CT molecular complexity index is 589. The second-order valence-corrected chi connectivity index (χ2v) is 5.60. The Balaban J connectivity index is 0.00000264. The van der Waals surface area contributed by atoms with Crippen molar-refractivity contribution in [3.05, 3.63) is 59.7 Å². The van der Waals surface area contributed by atoms with E-state index in [2.05, 4.69) is 13.8 Å². The van der Waals surface area contributed by atoms with Gasteiger partial charge in [-0.25, -0.2) is 0 Å². The van der Waals surface area contributed by atoms with Gasteiger partial charge >= 0.3 is 0 Å². The fourth-order valence-electron chi connectivity index (χ4n) is 2.33. The molecule has 0 amide bonds. The van der Waals surface area contributed by atoms with Crippen LogP contribution in [0, 0.1) is 5.92 Å². The number of rotatable bonds is 7. The molecule has 2 aromatic carbocycles. The van der Waals surface area contributed by atoms with Crippen molar-refractivity contribution in [1.29, 1.82) is 0 Å². The van der Waals surface area contributed by atoms with Crippen LogP contribution in [-0.2, 0) is 6.61 Å². The molecule has 0 radical (unpaired) electrons. The molecular formula is C19H26ClNO2. The maximum atomic E-state index is 6.32. The SMILES string of the molecule is CCC(C)[C@H](N)c1ccc(OC)c(OCc2ccccc2)c1.Cl. The number of halogens is 1. The van der Waals surface area contributed by atoms with Crippen LogP contribution in [0.4, 0.5) is 0 Å². The van der Waals surface area contributed by atoms with Gasteiger partial charge in [0.1, 0.15) is 6.61 Å². The van der Waals surface area contributed by atoms with Crippen molar-refractivity contribution in [2.45, 2.75) is 32.9 Å². The third-order valence-corrected chi connectivity index (χ3v) is 4.07. The fraction of sp³-hybridized carbons (Fsp3) is 0.368. The molecule has 0 aliphatic heterocycles. The lowest BCUT2D eigenvalue weighted by molar-refractivity contribution is 0.283. The molecule has 0 aromatic heterocycles. The van der Waals surface area contributed by atoms with Crippen LogP contribution in [0.3, 0.4) is 0 Å². The van der Waals surface area contributed by atoms with E-state index < -0.39 is 0 Å². The van der Waals surface area contributed by atoms with Crippen molar-refractivity contribution in [2.24, 2.45) is 11.7 Å². The van der Waals surface area contributed by atoms with Gasteiger partial charge in [-0.3, -0.25) is 0 Å². The number of benzene rings is 2. The maximum Gasteiger partial charge on any atom is 0.161 e. The van der Waals surface area contributed by atoms with Crippen molar-refractivity contribution in [1.82, 2.24) is 0 Å². The Hall–Kier alpha value is -1.71. The summed E-state index contributed by atoms with van der Waals surface area (Å²) in [6, 6.07) is 16.0. The quantitative estimate of drug-likeness (QED) is 0.794. The van der Waals surface area contributed by atoms with Crippen molar-refractivity contribution >= 4 is 12.4 Å². The number of hydrogen-bond donors (Lipinski definition) is 1.